The van der Waals surface area contributed by atoms with Gasteiger partial charge < -0.3 is 14.8 Å². The van der Waals surface area contributed by atoms with Gasteiger partial charge in [0, 0.05) is 62.3 Å². The number of aromatic nitrogens is 5. The van der Waals surface area contributed by atoms with E-state index in [4.69, 9.17) is 5.10 Å². The number of hydrogen-bond donors (Lipinski definition) is 1. The van der Waals surface area contributed by atoms with Crippen LogP contribution in [0.1, 0.15) is 5.56 Å². The van der Waals surface area contributed by atoms with E-state index in [0.29, 0.717) is 5.95 Å². The summed E-state index contributed by atoms with van der Waals surface area (Å²) in [5, 5.41) is 12.4. The molecule has 11 nitrogen and oxygen atoms in total. The summed E-state index contributed by atoms with van der Waals surface area (Å²) in [7, 11) is 3.71. The normalized spacial score (nSPS) is 16.1. The Balaban J connectivity index is 1.31. The predicted octanol–water partition coefficient (Wildman–Crippen LogP) is 1.81. The number of nitrogens with one attached hydrogen (secondary N) is 1. The Bertz CT molecular complexity index is 1350. The van der Waals surface area contributed by atoms with E-state index < -0.39 is 11.3 Å². The second-order valence-electron chi connectivity index (χ2n) is 9.06. The molecule has 1 unspecified atom stereocenters. The van der Waals surface area contributed by atoms with E-state index in [9.17, 15) is 8.76 Å². The van der Waals surface area contributed by atoms with Crippen molar-refractivity contribution in [3.8, 4) is 11.3 Å². The van der Waals surface area contributed by atoms with Crippen LogP contribution in [0, 0.1) is 0 Å². The number of hydrogen-bond acceptors (Lipinski definition) is 8. The number of likely N-dealkylation sites (N-methyl/N-ethyl adjacent to an activating group) is 1. The van der Waals surface area contributed by atoms with Crippen LogP contribution < -0.4 is 5.32 Å². The first-order valence-electron chi connectivity index (χ1n) is 11.9. The first-order valence-corrected chi connectivity index (χ1v) is 12.9. The fourth-order valence-electron chi connectivity index (χ4n) is 4.36. The lowest BCUT2D eigenvalue weighted by Crippen LogP contribution is -2.45. The Labute approximate surface area is 212 Å². The summed E-state index contributed by atoms with van der Waals surface area (Å²) in [5.41, 5.74) is 4.32. The molecule has 4 heterocycles. The Hall–Kier alpha value is -3.16. The lowest BCUT2D eigenvalue weighted by atomic mass is 10.0. The fraction of sp³-hybridized carbons (Fsp3) is 0.375. The van der Waals surface area contributed by atoms with Gasteiger partial charge in [0.2, 0.25) is 5.95 Å². The van der Waals surface area contributed by atoms with E-state index in [1.807, 2.05) is 51.8 Å². The molecule has 1 fully saturated rings. The number of fused-ring (bicyclic) bond motifs is 1. The van der Waals surface area contributed by atoms with E-state index in [1.165, 1.54) is 4.31 Å². The molecule has 0 amide bonds. The summed E-state index contributed by atoms with van der Waals surface area (Å²) in [6.45, 7) is 6.45. The molecule has 12 heteroatoms. The van der Waals surface area contributed by atoms with Crippen molar-refractivity contribution in [2.75, 3.05) is 52.1 Å². The third-order valence-corrected chi connectivity index (χ3v) is 7.11. The average Bonchev–Trinajstić information content (AvgIpc) is 3.50. The third-order valence-electron chi connectivity index (χ3n) is 6.47. The van der Waals surface area contributed by atoms with Gasteiger partial charge in [-0.3, -0.25) is 13.8 Å². The van der Waals surface area contributed by atoms with Crippen molar-refractivity contribution >= 4 is 28.4 Å². The van der Waals surface area contributed by atoms with E-state index >= 15 is 0 Å². The molecule has 1 N–H and O–H groups in total. The molecule has 1 aromatic carbocycles. The SMILES string of the molecule is CN1CCN(CCn2cc(Nc3ncc4ccc(-c5ccccc5CN(C)S(=O)[O-])n4n3)cn2)CC1. The molecule has 1 saturated heterocycles. The second-order valence-corrected chi connectivity index (χ2v) is 10.1. The van der Waals surface area contributed by atoms with Gasteiger partial charge in [-0.15, -0.1) is 5.10 Å². The van der Waals surface area contributed by atoms with Crippen LogP contribution in [-0.4, -0.2) is 94.1 Å². The fourth-order valence-corrected chi connectivity index (χ4v) is 4.60. The van der Waals surface area contributed by atoms with Crippen LogP contribution in [0.2, 0.25) is 0 Å². The van der Waals surface area contributed by atoms with Gasteiger partial charge in [-0.25, -0.2) is 13.8 Å². The Morgan fingerprint density at radius 2 is 1.89 bits per heavy atom. The molecule has 4 aromatic rings. The highest BCUT2D eigenvalue weighted by Crippen LogP contribution is 2.27. The van der Waals surface area contributed by atoms with Gasteiger partial charge in [-0.05, 0) is 31.8 Å². The molecule has 1 aliphatic heterocycles. The Kier molecular flexibility index (Phi) is 7.39. The van der Waals surface area contributed by atoms with Crippen molar-refractivity contribution < 1.29 is 8.76 Å². The van der Waals surface area contributed by atoms with Gasteiger partial charge in [0.25, 0.3) is 0 Å². The maximum Gasteiger partial charge on any atom is 0.245 e. The minimum absolute atomic E-state index is 0.267. The van der Waals surface area contributed by atoms with Crippen LogP contribution >= 0.6 is 0 Å². The van der Waals surface area contributed by atoms with Crippen molar-refractivity contribution in [3.63, 3.8) is 0 Å². The highest BCUT2D eigenvalue weighted by Gasteiger charge is 2.15. The minimum atomic E-state index is -2.29. The molecule has 3 aromatic heterocycles. The van der Waals surface area contributed by atoms with Crippen molar-refractivity contribution in [3.05, 3.63) is 60.6 Å². The van der Waals surface area contributed by atoms with Crippen molar-refractivity contribution in [2.24, 2.45) is 0 Å². The zero-order chi connectivity index (χ0) is 25.1. The smallest absolute Gasteiger partial charge is 0.245 e. The highest BCUT2D eigenvalue weighted by molar-refractivity contribution is 7.76. The number of benzene rings is 1. The number of nitrogens with zero attached hydrogens (tertiary/aromatic N) is 8. The molecule has 0 spiro atoms. The van der Waals surface area contributed by atoms with Crippen LogP contribution in [-0.2, 0) is 24.4 Å². The van der Waals surface area contributed by atoms with Crippen LogP contribution in [0.3, 0.4) is 0 Å². The highest BCUT2D eigenvalue weighted by atomic mass is 32.2. The van der Waals surface area contributed by atoms with Gasteiger partial charge in [-0.1, -0.05) is 24.3 Å². The molecule has 1 atom stereocenters. The molecule has 5 rings (SSSR count). The largest absolute Gasteiger partial charge is 0.760 e. The second kappa shape index (κ2) is 10.8. The first kappa shape index (κ1) is 24.5. The van der Waals surface area contributed by atoms with Crippen molar-refractivity contribution in [1.82, 2.24) is 38.5 Å². The maximum absolute atomic E-state index is 11.3. The molecule has 36 heavy (non-hydrogen) atoms. The van der Waals surface area contributed by atoms with Gasteiger partial charge in [0.15, 0.2) is 0 Å². The standard InChI is InChI=1S/C24H31N9O2S/c1-29-9-11-31(12-10-29)13-14-32-18-20(15-26-32)27-24-25-16-21-7-8-23(33(21)28-24)22-6-4-3-5-19(22)17-30(2)36(34)35/h3-8,15-16,18H,9-14,17H2,1-2H3,(H,27,28)(H,34,35)/p-1. The zero-order valence-electron chi connectivity index (χ0n) is 20.4. The molecule has 0 aliphatic carbocycles. The molecule has 1 aliphatic rings. The van der Waals surface area contributed by atoms with Crippen molar-refractivity contribution in [1.29, 1.82) is 0 Å². The van der Waals surface area contributed by atoms with E-state index in [0.717, 1.165) is 67.3 Å². The quantitative estimate of drug-likeness (QED) is 0.341. The number of anilines is 2. The van der Waals surface area contributed by atoms with Crippen molar-refractivity contribution in [2.45, 2.75) is 13.1 Å². The Morgan fingerprint density at radius 1 is 1.08 bits per heavy atom. The average molecular weight is 509 g/mol. The van der Waals surface area contributed by atoms with Gasteiger partial charge in [0.1, 0.15) is 0 Å². The summed E-state index contributed by atoms with van der Waals surface area (Å²) >= 11 is -2.29. The predicted molar refractivity (Wildman–Crippen MR) is 138 cm³/mol. The lowest BCUT2D eigenvalue weighted by molar-refractivity contribution is 0.149. The molecular formula is C24H30N9O2S-. The summed E-state index contributed by atoms with van der Waals surface area (Å²) in [6, 6.07) is 11.6. The zero-order valence-corrected chi connectivity index (χ0v) is 21.3. The van der Waals surface area contributed by atoms with Crippen LogP contribution in [0.4, 0.5) is 11.6 Å². The first-order chi connectivity index (χ1) is 17.5. The minimum Gasteiger partial charge on any atom is -0.760 e. The maximum atomic E-state index is 11.3. The van der Waals surface area contributed by atoms with Crippen LogP contribution in [0.25, 0.3) is 16.8 Å². The Morgan fingerprint density at radius 3 is 2.69 bits per heavy atom. The van der Waals surface area contributed by atoms with Gasteiger partial charge >= 0.3 is 0 Å². The van der Waals surface area contributed by atoms with Gasteiger partial charge in [-0.2, -0.15) is 5.10 Å². The molecule has 0 bridgehead atoms. The van der Waals surface area contributed by atoms with E-state index in [1.54, 1.807) is 19.4 Å². The third kappa shape index (κ3) is 5.63. The topological polar surface area (TPSA) is 110 Å². The molecule has 190 valence electrons. The van der Waals surface area contributed by atoms with Crippen LogP contribution in [0.5, 0.6) is 0 Å². The summed E-state index contributed by atoms with van der Waals surface area (Å²) in [6.07, 6.45) is 5.51. The van der Waals surface area contributed by atoms with E-state index in [-0.39, 0.29) is 6.54 Å². The van der Waals surface area contributed by atoms with E-state index in [2.05, 4.69) is 32.2 Å². The van der Waals surface area contributed by atoms with Crippen LogP contribution in [0.15, 0.2) is 55.0 Å². The summed E-state index contributed by atoms with van der Waals surface area (Å²) < 4.78 is 27.7. The lowest BCUT2D eigenvalue weighted by Gasteiger charge is -2.32. The molecule has 0 radical (unpaired) electrons. The number of rotatable bonds is 9. The molecular weight excluding hydrogens is 478 g/mol. The number of piperazine rings is 1. The summed E-state index contributed by atoms with van der Waals surface area (Å²) in [5.74, 6) is 0.453. The monoisotopic (exact) mass is 508 g/mol. The van der Waals surface area contributed by atoms with Gasteiger partial charge in [0.05, 0.1) is 35.8 Å². The summed E-state index contributed by atoms with van der Waals surface area (Å²) in [4.78, 5) is 9.27. The molecule has 0 saturated carbocycles.